The minimum Gasteiger partial charge on any atom is -0.409 e. The SMILES string of the molecule is FC(F)(F)c1nnc(-c2nnc(C(F)(F)F)o2)o1. The maximum Gasteiger partial charge on any atom is 0.470 e. The first-order valence-corrected chi connectivity index (χ1v) is 3.99. The summed E-state index contributed by atoms with van der Waals surface area (Å²) in [5.41, 5.74) is 0. The monoisotopic (exact) mass is 274 g/mol. The molecule has 0 N–H and O–H groups in total. The first-order chi connectivity index (χ1) is 8.18. The Morgan fingerprint density at radius 3 is 1.17 bits per heavy atom. The molecule has 2 aromatic heterocycles. The van der Waals surface area contributed by atoms with E-state index in [4.69, 9.17) is 0 Å². The highest BCUT2D eigenvalue weighted by Gasteiger charge is 2.41. The molecule has 0 saturated carbocycles. The van der Waals surface area contributed by atoms with Crippen molar-refractivity contribution in [3.05, 3.63) is 11.8 Å². The number of aromatic nitrogens is 4. The van der Waals surface area contributed by atoms with E-state index >= 15 is 0 Å². The molecule has 0 aliphatic rings. The highest BCUT2D eigenvalue weighted by atomic mass is 19.4. The van der Waals surface area contributed by atoms with Crippen molar-refractivity contribution < 1.29 is 35.2 Å². The molecule has 0 saturated heterocycles. The minimum absolute atomic E-state index is 0.953. The largest absolute Gasteiger partial charge is 0.470 e. The zero-order valence-corrected chi connectivity index (χ0v) is 7.87. The van der Waals surface area contributed by atoms with Gasteiger partial charge in [-0.3, -0.25) is 0 Å². The summed E-state index contributed by atoms with van der Waals surface area (Å²) in [5.74, 6) is -5.37. The van der Waals surface area contributed by atoms with Crippen LogP contribution in [0.3, 0.4) is 0 Å². The molecule has 6 nitrogen and oxygen atoms in total. The van der Waals surface area contributed by atoms with Crippen molar-refractivity contribution in [2.45, 2.75) is 12.4 Å². The molecular weight excluding hydrogens is 274 g/mol. The molecule has 18 heavy (non-hydrogen) atoms. The van der Waals surface area contributed by atoms with Gasteiger partial charge in [-0.25, -0.2) is 0 Å². The maximum atomic E-state index is 12.1. The summed E-state index contributed by atoms with van der Waals surface area (Å²) in [6.07, 6.45) is -9.84. The number of alkyl halides is 6. The van der Waals surface area contributed by atoms with Gasteiger partial charge in [-0.05, 0) is 0 Å². The summed E-state index contributed by atoms with van der Waals surface area (Å²) < 4.78 is 80.5. The topological polar surface area (TPSA) is 77.8 Å². The average molecular weight is 274 g/mol. The summed E-state index contributed by atoms with van der Waals surface area (Å²) in [4.78, 5) is 0. The van der Waals surface area contributed by atoms with Gasteiger partial charge in [-0.2, -0.15) is 26.3 Å². The van der Waals surface area contributed by atoms with Crippen molar-refractivity contribution in [2.75, 3.05) is 0 Å². The van der Waals surface area contributed by atoms with E-state index in [1.807, 2.05) is 0 Å². The molecule has 0 atom stereocenters. The Balaban J connectivity index is 2.33. The fourth-order valence-electron chi connectivity index (χ4n) is 0.848. The second kappa shape index (κ2) is 3.68. The zero-order chi connectivity index (χ0) is 13.6. The molecule has 0 spiro atoms. The number of halogens is 6. The predicted molar refractivity (Wildman–Crippen MR) is 37.6 cm³/mol. The molecule has 2 rings (SSSR count). The van der Waals surface area contributed by atoms with Gasteiger partial charge in [0.05, 0.1) is 0 Å². The van der Waals surface area contributed by atoms with Crippen molar-refractivity contribution >= 4 is 0 Å². The average Bonchev–Trinajstić information content (AvgIpc) is 2.84. The van der Waals surface area contributed by atoms with Crippen LogP contribution in [0.5, 0.6) is 0 Å². The smallest absolute Gasteiger partial charge is 0.409 e. The van der Waals surface area contributed by atoms with E-state index in [1.54, 1.807) is 0 Å². The van der Waals surface area contributed by atoms with Crippen LogP contribution >= 0.6 is 0 Å². The Kier molecular flexibility index (Phi) is 2.52. The third kappa shape index (κ3) is 2.26. The van der Waals surface area contributed by atoms with E-state index in [1.165, 1.54) is 0 Å². The highest BCUT2D eigenvalue weighted by Crippen LogP contribution is 2.32. The van der Waals surface area contributed by atoms with Gasteiger partial charge in [0.2, 0.25) is 0 Å². The van der Waals surface area contributed by atoms with Crippen molar-refractivity contribution in [1.29, 1.82) is 0 Å². The van der Waals surface area contributed by atoms with Gasteiger partial charge >= 0.3 is 35.9 Å². The van der Waals surface area contributed by atoms with E-state index in [2.05, 4.69) is 29.2 Å². The second-order valence-corrected chi connectivity index (χ2v) is 2.82. The summed E-state index contributed by atoms with van der Waals surface area (Å²) in [5, 5.41) is 10.9. The second-order valence-electron chi connectivity index (χ2n) is 2.82. The molecule has 2 aromatic rings. The fraction of sp³-hybridized carbons (Fsp3) is 0.333. The summed E-state index contributed by atoms with van der Waals surface area (Å²) in [6, 6.07) is 0. The highest BCUT2D eigenvalue weighted by molar-refractivity contribution is 5.34. The third-order valence-electron chi connectivity index (χ3n) is 1.52. The molecule has 0 amide bonds. The molecule has 0 aliphatic carbocycles. The quantitative estimate of drug-likeness (QED) is 0.741. The lowest BCUT2D eigenvalue weighted by atomic mass is 10.6. The lowest BCUT2D eigenvalue weighted by Gasteiger charge is -1.97. The van der Waals surface area contributed by atoms with E-state index in [0.29, 0.717) is 0 Å². The van der Waals surface area contributed by atoms with Crippen LogP contribution in [-0.2, 0) is 12.4 Å². The molecule has 0 fully saturated rings. The van der Waals surface area contributed by atoms with Gasteiger partial charge in [-0.1, -0.05) is 0 Å². The Labute approximate surface area is 92.6 Å². The molecule has 0 unspecified atom stereocenters. The standard InChI is InChI=1S/C6F6N4O2/c7-5(8,9)3-15-13-1(17-3)2-14-16-4(18-2)6(10,11)12. The number of nitrogens with zero attached hydrogens (tertiary/aromatic N) is 4. The van der Waals surface area contributed by atoms with Crippen molar-refractivity contribution in [3.8, 4) is 11.8 Å². The number of rotatable bonds is 1. The van der Waals surface area contributed by atoms with Gasteiger partial charge in [-0.15, -0.1) is 20.4 Å². The van der Waals surface area contributed by atoms with Crippen LogP contribution in [0.4, 0.5) is 26.3 Å². The Bertz CT molecular complexity index is 505. The Morgan fingerprint density at radius 1 is 0.611 bits per heavy atom. The molecule has 12 heteroatoms. The van der Waals surface area contributed by atoms with Gasteiger partial charge in [0, 0.05) is 0 Å². The maximum absolute atomic E-state index is 12.1. The van der Waals surface area contributed by atoms with Crippen LogP contribution in [0.15, 0.2) is 8.83 Å². The van der Waals surface area contributed by atoms with Gasteiger partial charge in [0.15, 0.2) is 0 Å². The number of hydrogen-bond acceptors (Lipinski definition) is 6. The molecule has 0 radical (unpaired) electrons. The molecule has 0 aromatic carbocycles. The third-order valence-corrected chi connectivity index (χ3v) is 1.52. The van der Waals surface area contributed by atoms with Crippen LogP contribution < -0.4 is 0 Å². The fourth-order valence-corrected chi connectivity index (χ4v) is 0.848. The van der Waals surface area contributed by atoms with Gasteiger partial charge < -0.3 is 8.83 Å². The van der Waals surface area contributed by atoms with Crippen LogP contribution in [0.25, 0.3) is 11.8 Å². The molecular formula is C6F6N4O2. The van der Waals surface area contributed by atoms with Crippen molar-refractivity contribution in [1.82, 2.24) is 20.4 Å². The normalized spacial score (nSPS) is 13.0. The molecule has 98 valence electrons. The van der Waals surface area contributed by atoms with E-state index in [9.17, 15) is 26.3 Å². The lowest BCUT2D eigenvalue weighted by molar-refractivity contribution is -0.158. The first kappa shape index (κ1) is 12.3. The Morgan fingerprint density at radius 2 is 0.944 bits per heavy atom. The van der Waals surface area contributed by atoms with E-state index in [-0.39, 0.29) is 0 Å². The van der Waals surface area contributed by atoms with Crippen LogP contribution in [0, 0.1) is 0 Å². The minimum atomic E-state index is -4.92. The van der Waals surface area contributed by atoms with Crippen LogP contribution in [-0.4, -0.2) is 20.4 Å². The van der Waals surface area contributed by atoms with Gasteiger partial charge in [0.1, 0.15) is 0 Å². The Hall–Kier alpha value is -2.14. The summed E-state index contributed by atoms with van der Waals surface area (Å²) in [7, 11) is 0. The molecule has 2 heterocycles. The van der Waals surface area contributed by atoms with E-state index < -0.39 is 35.9 Å². The van der Waals surface area contributed by atoms with Crippen molar-refractivity contribution in [2.24, 2.45) is 0 Å². The first-order valence-electron chi connectivity index (χ1n) is 3.99. The van der Waals surface area contributed by atoms with Crippen molar-refractivity contribution in [3.63, 3.8) is 0 Å². The lowest BCUT2D eigenvalue weighted by Crippen LogP contribution is -2.04. The zero-order valence-electron chi connectivity index (χ0n) is 7.87. The molecule has 0 aliphatic heterocycles. The molecule has 0 bridgehead atoms. The van der Waals surface area contributed by atoms with Crippen LogP contribution in [0.1, 0.15) is 11.8 Å². The summed E-state index contributed by atoms with van der Waals surface area (Å²) >= 11 is 0. The summed E-state index contributed by atoms with van der Waals surface area (Å²) in [6.45, 7) is 0. The predicted octanol–water partition coefficient (Wildman–Crippen LogP) is 2.16. The van der Waals surface area contributed by atoms with E-state index in [0.717, 1.165) is 0 Å². The van der Waals surface area contributed by atoms with Crippen LogP contribution in [0.2, 0.25) is 0 Å². The number of hydrogen-bond donors (Lipinski definition) is 0. The van der Waals surface area contributed by atoms with Gasteiger partial charge in [0.25, 0.3) is 0 Å².